The molecule has 0 fully saturated rings. The van der Waals surface area contributed by atoms with Crippen molar-refractivity contribution in [3.05, 3.63) is 56.3 Å². The first kappa shape index (κ1) is 17.4. The van der Waals surface area contributed by atoms with E-state index < -0.39 is 16.8 Å². The first-order valence-electron chi connectivity index (χ1n) is 6.14. The van der Waals surface area contributed by atoms with E-state index in [2.05, 4.69) is 10.6 Å². The number of nitrogens with one attached hydrogen (secondary N) is 2. The van der Waals surface area contributed by atoms with E-state index in [0.29, 0.717) is 6.54 Å². The molecule has 0 aliphatic carbocycles. The Bertz CT molecular complexity index is 678. The van der Waals surface area contributed by atoms with Crippen molar-refractivity contribution in [1.82, 2.24) is 0 Å². The van der Waals surface area contributed by atoms with E-state index in [1.165, 1.54) is 0 Å². The fraction of sp³-hybridized carbons (Fsp3) is 0.214. The molecule has 6 nitrogen and oxygen atoms in total. The molecular formula is C14H13N2NaO4. The van der Waals surface area contributed by atoms with Crippen molar-refractivity contribution >= 4 is 17.3 Å². The number of aliphatic carboxylic acids is 1. The van der Waals surface area contributed by atoms with E-state index in [0.717, 1.165) is 5.56 Å². The van der Waals surface area contributed by atoms with Gasteiger partial charge in [-0.15, -0.1) is 0 Å². The summed E-state index contributed by atoms with van der Waals surface area (Å²) in [6.07, 6.45) is -0.225. The molecule has 7 heteroatoms. The zero-order valence-corrected chi connectivity index (χ0v) is 13.6. The molecule has 0 bridgehead atoms. The van der Waals surface area contributed by atoms with Gasteiger partial charge in [0.1, 0.15) is 11.4 Å². The predicted octanol–water partition coefficient (Wildman–Crippen LogP) is -3.55. The van der Waals surface area contributed by atoms with E-state index in [-0.39, 0.29) is 53.9 Å². The molecule has 2 N–H and O–H groups in total. The maximum Gasteiger partial charge on any atom is 1.00 e. The van der Waals surface area contributed by atoms with Crippen LogP contribution in [0.5, 0.6) is 0 Å². The maximum atomic E-state index is 11.5. The number of hydrogen-bond acceptors (Lipinski definition) is 6. The van der Waals surface area contributed by atoms with Crippen LogP contribution in [0.25, 0.3) is 0 Å². The van der Waals surface area contributed by atoms with Crippen molar-refractivity contribution in [3.63, 3.8) is 0 Å². The molecule has 0 saturated carbocycles. The van der Waals surface area contributed by atoms with Gasteiger partial charge in [-0.25, -0.2) is 0 Å². The molecule has 2 rings (SSSR count). The van der Waals surface area contributed by atoms with Crippen LogP contribution >= 0.6 is 0 Å². The van der Waals surface area contributed by atoms with Crippen molar-refractivity contribution in [2.24, 2.45) is 0 Å². The second kappa shape index (κ2) is 7.97. The molecule has 0 aliphatic heterocycles. The zero-order valence-electron chi connectivity index (χ0n) is 11.6. The number of carboxylic acids is 1. The standard InChI is InChI=1S/C14H14N2O4.Na/c17-10(18)6-7-15-11-12(14(20)13(11)19)16-8-9-4-2-1-3-5-9;/h1-5,15-16H,6-8H2,(H,17,18);/q;+1/p-1. The SMILES string of the molecule is O=C([O-])CCNc1c(NCc2ccccc2)c(=O)c1=O.[Na+]. The molecule has 104 valence electrons. The minimum Gasteiger partial charge on any atom is -0.550 e. The molecule has 0 atom stereocenters. The van der Waals surface area contributed by atoms with Crippen molar-refractivity contribution in [1.29, 1.82) is 0 Å². The Balaban J connectivity index is 0.00000220. The average molecular weight is 296 g/mol. The van der Waals surface area contributed by atoms with Gasteiger partial charge in [0, 0.05) is 25.5 Å². The van der Waals surface area contributed by atoms with Crippen LogP contribution in [0.1, 0.15) is 12.0 Å². The molecular weight excluding hydrogens is 283 g/mol. The van der Waals surface area contributed by atoms with Crippen LogP contribution in [-0.4, -0.2) is 12.5 Å². The maximum absolute atomic E-state index is 11.5. The van der Waals surface area contributed by atoms with Crippen molar-refractivity contribution in [2.75, 3.05) is 17.2 Å². The molecule has 0 heterocycles. The molecule has 0 amide bonds. The molecule has 21 heavy (non-hydrogen) atoms. The number of carbonyl (C=O) groups excluding carboxylic acids is 1. The first-order valence-corrected chi connectivity index (χ1v) is 6.14. The number of rotatable bonds is 7. The Morgan fingerprint density at radius 2 is 1.57 bits per heavy atom. The molecule has 0 aromatic heterocycles. The summed E-state index contributed by atoms with van der Waals surface area (Å²) < 4.78 is 0. The van der Waals surface area contributed by atoms with Crippen LogP contribution in [-0.2, 0) is 11.3 Å². The summed E-state index contributed by atoms with van der Waals surface area (Å²) in [5.41, 5.74) is 0.112. The summed E-state index contributed by atoms with van der Waals surface area (Å²) in [7, 11) is 0. The predicted molar refractivity (Wildman–Crippen MR) is 73.2 cm³/mol. The monoisotopic (exact) mass is 296 g/mol. The third kappa shape index (κ3) is 4.42. The molecule has 0 aliphatic rings. The summed E-state index contributed by atoms with van der Waals surface area (Å²) in [6, 6.07) is 9.41. The molecule has 0 unspecified atom stereocenters. The third-order valence-electron chi connectivity index (χ3n) is 2.85. The Morgan fingerprint density at radius 3 is 2.14 bits per heavy atom. The van der Waals surface area contributed by atoms with Gasteiger partial charge in [0.05, 0.1) is 0 Å². The van der Waals surface area contributed by atoms with E-state index in [4.69, 9.17) is 0 Å². The molecule has 0 spiro atoms. The largest absolute Gasteiger partial charge is 1.00 e. The van der Waals surface area contributed by atoms with Crippen LogP contribution in [0.3, 0.4) is 0 Å². The van der Waals surface area contributed by atoms with Crippen molar-refractivity contribution in [3.8, 4) is 0 Å². The zero-order chi connectivity index (χ0) is 14.5. The normalized spacial score (nSPS) is 9.90. The summed E-state index contributed by atoms with van der Waals surface area (Å²) in [6.45, 7) is 0.466. The number of carboxylic acid groups (broad SMARTS) is 1. The smallest absolute Gasteiger partial charge is 0.550 e. The van der Waals surface area contributed by atoms with Crippen LogP contribution in [0.4, 0.5) is 11.4 Å². The van der Waals surface area contributed by atoms with Crippen molar-refractivity contribution < 1.29 is 39.5 Å². The second-order valence-corrected chi connectivity index (χ2v) is 4.30. The average Bonchev–Trinajstić information content (AvgIpc) is 2.45. The summed E-state index contributed by atoms with van der Waals surface area (Å²) in [4.78, 5) is 33.1. The summed E-state index contributed by atoms with van der Waals surface area (Å²) >= 11 is 0. The number of anilines is 2. The summed E-state index contributed by atoms with van der Waals surface area (Å²) in [5.74, 6) is -1.21. The quantitative estimate of drug-likeness (QED) is 0.405. The van der Waals surface area contributed by atoms with E-state index in [1.54, 1.807) is 0 Å². The van der Waals surface area contributed by atoms with Gasteiger partial charge in [0.25, 0.3) is 10.9 Å². The van der Waals surface area contributed by atoms with Gasteiger partial charge in [0.2, 0.25) is 0 Å². The molecule has 0 saturated heterocycles. The third-order valence-corrected chi connectivity index (χ3v) is 2.85. The second-order valence-electron chi connectivity index (χ2n) is 4.30. The van der Waals surface area contributed by atoms with Gasteiger partial charge in [-0.3, -0.25) is 9.59 Å². The number of benzene rings is 1. The fourth-order valence-electron chi connectivity index (χ4n) is 1.80. The number of carbonyl (C=O) groups is 1. The van der Waals surface area contributed by atoms with Gasteiger partial charge < -0.3 is 20.5 Å². The van der Waals surface area contributed by atoms with Crippen LogP contribution in [0, 0.1) is 0 Å². The fourth-order valence-corrected chi connectivity index (χ4v) is 1.80. The molecule has 0 radical (unpaired) electrons. The number of hydrogen-bond donors (Lipinski definition) is 2. The Kier molecular flexibility index (Phi) is 6.61. The van der Waals surface area contributed by atoms with Gasteiger partial charge in [-0.05, 0) is 5.56 Å². The van der Waals surface area contributed by atoms with Crippen LogP contribution in [0.15, 0.2) is 39.9 Å². The van der Waals surface area contributed by atoms with Gasteiger partial charge in [0.15, 0.2) is 0 Å². The Hall–Kier alpha value is -1.63. The molecule has 2 aromatic rings. The van der Waals surface area contributed by atoms with E-state index in [9.17, 15) is 19.5 Å². The summed E-state index contributed by atoms with van der Waals surface area (Å²) in [5, 5.41) is 15.8. The van der Waals surface area contributed by atoms with Gasteiger partial charge >= 0.3 is 29.6 Å². The first-order chi connectivity index (χ1) is 9.59. The molecule has 2 aromatic carbocycles. The Labute approximate surface area is 143 Å². The minimum atomic E-state index is -1.21. The van der Waals surface area contributed by atoms with Gasteiger partial charge in [-0.2, -0.15) is 0 Å². The minimum absolute atomic E-state index is 0. The topological polar surface area (TPSA) is 98.3 Å². The van der Waals surface area contributed by atoms with Crippen LogP contribution < -0.4 is 56.2 Å². The Morgan fingerprint density at radius 1 is 1.00 bits per heavy atom. The van der Waals surface area contributed by atoms with Gasteiger partial charge in [-0.1, -0.05) is 30.3 Å². The van der Waals surface area contributed by atoms with E-state index in [1.807, 2.05) is 30.3 Å². The van der Waals surface area contributed by atoms with E-state index >= 15 is 0 Å². The van der Waals surface area contributed by atoms with Crippen LogP contribution in [0.2, 0.25) is 0 Å². The van der Waals surface area contributed by atoms with Crippen molar-refractivity contribution in [2.45, 2.75) is 13.0 Å².